The van der Waals surface area contributed by atoms with E-state index >= 15 is 0 Å². The molecule has 2 rings (SSSR count). The Morgan fingerprint density at radius 1 is 1.43 bits per heavy atom. The molecule has 5 heteroatoms. The van der Waals surface area contributed by atoms with Crippen LogP contribution < -0.4 is 15.2 Å². The van der Waals surface area contributed by atoms with Gasteiger partial charge in [-0.1, -0.05) is 18.2 Å². The molecular formula is C18H26N2O3. The van der Waals surface area contributed by atoms with Gasteiger partial charge in [-0.3, -0.25) is 4.79 Å². The smallest absolute Gasteiger partial charge is 0.260 e. The lowest BCUT2D eigenvalue weighted by atomic mass is 10.1. The summed E-state index contributed by atoms with van der Waals surface area (Å²) in [5.41, 5.74) is 6.74. The molecule has 126 valence electrons. The highest BCUT2D eigenvalue weighted by atomic mass is 16.5. The van der Waals surface area contributed by atoms with Gasteiger partial charge in [-0.15, -0.1) is 0 Å². The van der Waals surface area contributed by atoms with Gasteiger partial charge >= 0.3 is 0 Å². The molecule has 1 saturated heterocycles. The van der Waals surface area contributed by atoms with E-state index in [0.717, 1.165) is 18.5 Å². The van der Waals surface area contributed by atoms with Gasteiger partial charge in [0.05, 0.1) is 7.11 Å². The van der Waals surface area contributed by atoms with E-state index in [1.807, 2.05) is 42.2 Å². The van der Waals surface area contributed by atoms with E-state index < -0.39 is 0 Å². The Labute approximate surface area is 138 Å². The Morgan fingerprint density at radius 2 is 2.22 bits per heavy atom. The van der Waals surface area contributed by atoms with Gasteiger partial charge in [0, 0.05) is 12.6 Å². The summed E-state index contributed by atoms with van der Waals surface area (Å²) in [4.78, 5) is 14.2. The first-order chi connectivity index (χ1) is 11.1. The first-order valence-corrected chi connectivity index (χ1v) is 8.02. The molecule has 1 aliphatic heterocycles. The third kappa shape index (κ3) is 4.26. The van der Waals surface area contributed by atoms with Crippen molar-refractivity contribution in [3.63, 3.8) is 0 Å². The zero-order valence-electron chi connectivity index (χ0n) is 14.1. The zero-order chi connectivity index (χ0) is 16.8. The normalized spacial score (nSPS) is 21.0. The maximum atomic E-state index is 12.4. The van der Waals surface area contributed by atoms with Gasteiger partial charge in [-0.25, -0.2) is 0 Å². The quantitative estimate of drug-likeness (QED) is 0.874. The molecule has 2 unspecified atom stereocenters. The van der Waals surface area contributed by atoms with Gasteiger partial charge in [0.25, 0.3) is 5.91 Å². The molecule has 0 aromatic heterocycles. The molecule has 2 atom stereocenters. The topological polar surface area (TPSA) is 64.8 Å². The van der Waals surface area contributed by atoms with Gasteiger partial charge in [0.1, 0.15) is 0 Å². The predicted octanol–water partition coefficient (Wildman–Crippen LogP) is 2.30. The Balaban J connectivity index is 1.99. The Kier molecular flexibility index (Phi) is 6.04. The molecule has 1 aliphatic rings. The minimum Gasteiger partial charge on any atom is -0.493 e. The number of benzene rings is 1. The molecule has 0 bridgehead atoms. The van der Waals surface area contributed by atoms with Crippen LogP contribution in [0, 0.1) is 5.92 Å². The van der Waals surface area contributed by atoms with Crippen LogP contribution in [-0.2, 0) is 4.79 Å². The van der Waals surface area contributed by atoms with Gasteiger partial charge < -0.3 is 20.1 Å². The largest absolute Gasteiger partial charge is 0.493 e. The Hall–Kier alpha value is -2.01. The van der Waals surface area contributed by atoms with E-state index in [1.165, 1.54) is 0 Å². The van der Waals surface area contributed by atoms with Crippen LogP contribution in [-0.4, -0.2) is 43.7 Å². The lowest BCUT2D eigenvalue weighted by Crippen LogP contribution is -2.37. The molecule has 0 aliphatic carbocycles. The van der Waals surface area contributed by atoms with Crippen LogP contribution in [0.15, 0.2) is 24.3 Å². The van der Waals surface area contributed by atoms with E-state index in [9.17, 15) is 4.79 Å². The van der Waals surface area contributed by atoms with Crippen LogP contribution >= 0.6 is 0 Å². The third-order valence-electron chi connectivity index (χ3n) is 4.21. The summed E-state index contributed by atoms with van der Waals surface area (Å²) in [7, 11) is 1.60. The van der Waals surface area contributed by atoms with E-state index in [2.05, 4.69) is 6.92 Å². The van der Waals surface area contributed by atoms with Crippen molar-refractivity contribution in [2.24, 2.45) is 11.7 Å². The summed E-state index contributed by atoms with van der Waals surface area (Å²) in [5.74, 6) is 1.59. The molecule has 1 aromatic rings. The number of ether oxygens (including phenoxy) is 2. The van der Waals surface area contributed by atoms with Crippen molar-refractivity contribution in [3.8, 4) is 11.5 Å². The maximum Gasteiger partial charge on any atom is 0.260 e. The predicted molar refractivity (Wildman–Crippen MR) is 91.5 cm³/mol. The highest BCUT2D eigenvalue weighted by Gasteiger charge is 2.31. The van der Waals surface area contributed by atoms with Crippen molar-refractivity contribution in [1.29, 1.82) is 0 Å². The van der Waals surface area contributed by atoms with Gasteiger partial charge in [-0.2, -0.15) is 0 Å². The van der Waals surface area contributed by atoms with Crippen LogP contribution in [0.2, 0.25) is 0 Å². The first-order valence-electron chi connectivity index (χ1n) is 8.02. The number of methoxy groups -OCH3 is 1. The summed E-state index contributed by atoms with van der Waals surface area (Å²) in [6, 6.07) is 5.88. The fraction of sp³-hybridized carbons (Fsp3) is 0.500. The van der Waals surface area contributed by atoms with Crippen molar-refractivity contribution in [2.75, 3.05) is 26.8 Å². The number of nitrogens with two attached hydrogens (primary N) is 1. The van der Waals surface area contributed by atoms with Crippen molar-refractivity contribution in [3.05, 3.63) is 29.8 Å². The number of carbonyl (C=O) groups is 1. The second-order valence-corrected chi connectivity index (χ2v) is 5.93. The molecule has 1 amide bonds. The van der Waals surface area contributed by atoms with E-state index in [-0.39, 0.29) is 18.6 Å². The summed E-state index contributed by atoms with van der Waals surface area (Å²) in [6.45, 7) is 5.37. The molecular weight excluding hydrogens is 292 g/mol. The van der Waals surface area contributed by atoms with Crippen molar-refractivity contribution < 1.29 is 14.3 Å². The monoisotopic (exact) mass is 318 g/mol. The number of amides is 1. The lowest BCUT2D eigenvalue weighted by molar-refractivity contribution is -0.134. The highest BCUT2D eigenvalue weighted by Crippen LogP contribution is 2.29. The fourth-order valence-electron chi connectivity index (χ4n) is 2.98. The molecule has 23 heavy (non-hydrogen) atoms. The number of rotatable bonds is 6. The molecule has 0 radical (unpaired) electrons. The molecule has 1 heterocycles. The first kappa shape index (κ1) is 17.3. The number of hydrogen-bond donors (Lipinski definition) is 1. The minimum atomic E-state index is -0.00645. The van der Waals surface area contributed by atoms with E-state index in [0.29, 0.717) is 24.0 Å². The number of carbonyl (C=O) groups excluding carboxylic acids is 1. The van der Waals surface area contributed by atoms with Crippen molar-refractivity contribution in [1.82, 2.24) is 4.90 Å². The number of likely N-dealkylation sites (tertiary alicyclic amines) is 1. The molecule has 0 spiro atoms. The maximum absolute atomic E-state index is 12.4. The summed E-state index contributed by atoms with van der Waals surface area (Å²) in [5, 5.41) is 0. The molecule has 1 aromatic carbocycles. The second-order valence-electron chi connectivity index (χ2n) is 5.93. The molecule has 0 saturated carbocycles. The number of hydrogen-bond acceptors (Lipinski definition) is 4. The lowest BCUT2D eigenvalue weighted by Gasteiger charge is -2.22. The number of nitrogens with zero attached hydrogens (tertiary/aromatic N) is 1. The highest BCUT2D eigenvalue weighted by molar-refractivity contribution is 5.78. The Bertz CT molecular complexity index is 571. The zero-order valence-corrected chi connectivity index (χ0v) is 14.1. The van der Waals surface area contributed by atoms with Crippen LogP contribution in [0.25, 0.3) is 6.08 Å². The summed E-state index contributed by atoms with van der Waals surface area (Å²) < 4.78 is 11.0. The minimum absolute atomic E-state index is 0.00645. The molecule has 2 N–H and O–H groups in total. The van der Waals surface area contributed by atoms with Crippen molar-refractivity contribution >= 4 is 12.0 Å². The van der Waals surface area contributed by atoms with Gasteiger partial charge in [0.15, 0.2) is 18.1 Å². The van der Waals surface area contributed by atoms with E-state index in [4.69, 9.17) is 15.2 Å². The molecule has 1 fully saturated rings. The van der Waals surface area contributed by atoms with Gasteiger partial charge in [-0.05, 0) is 50.4 Å². The van der Waals surface area contributed by atoms with Crippen LogP contribution in [0.4, 0.5) is 0 Å². The average Bonchev–Trinajstić information content (AvgIpc) is 2.94. The Morgan fingerprint density at radius 3 is 2.83 bits per heavy atom. The van der Waals surface area contributed by atoms with Crippen LogP contribution in [0.1, 0.15) is 25.8 Å². The van der Waals surface area contributed by atoms with E-state index in [1.54, 1.807) is 7.11 Å². The second kappa shape index (κ2) is 8.02. The standard InChI is InChI=1S/C18H26N2O3/c1-4-5-14-6-7-16(17(9-14)22-3)23-12-18(21)20-11-15(10-19)8-13(20)2/h4-7,9,13,15H,8,10-12,19H2,1-3H3/b5-4+. The fourth-order valence-corrected chi connectivity index (χ4v) is 2.98. The number of allylic oxidation sites excluding steroid dienone is 1. The summed E-state index contributed by atoms with van der Waals surface area (Å²) in [6.07, 6.45) is 4.90. The third-order valence-corrected chi connectivity index (χ3v) is 4.21. The average molecular weight is 318 g/mol. The summed E-state index contributed by atoms with van der Waals surface area (Å²) >= 11 is 0. The molecule has 5 nitrogen and oxygen atoms in total. The SMILES string of the molecule is C/C=C/c1ccc(OCC(=O)N2CC(CN)CC2C)c(OC)c1. The van der Waals surface area contributed by atoms with Crippen LogP contribution in [0.5, 0.6) is 11.5 Å². The van der Waals surface area contributed by atoms with Crippen LogP contribution in [0.3, 0.4) is 0 Å². The van der Waals surface area contributed by atoms with Crippen molar-refractivity contribution in [2.45, 2.75) is 26.3 Å². The van der Waals surface area contributed by atoms with Gasteiger partial charge in [0.2, 0.25) is 0 Å².